The Morgan fingerprint density at radius 2 is 1.60 bits per heavy atom. The van der Waals surface area contributed by atoms with Crippen LogP contribution in [0.2, 0.25) is 0 Å². The molecule has 2 aliphatic heterocycles. The topological polar surface area (TPSA) is 49.8 Å². The Morgan fingerprint density at radius 3 is 2.20 bits per heavy atom. The Kier molecular flexibility index (Phi) is 5.41. The van der Waals surface area contributed by atoms with Crippen molar-refractivity contribution in [2.75, 3.05) is 6.61 Å². The van der Waals surface area contributed by atoms with Gasteiger partial charge in [-0.05, 0) is 78.1 Å². The summed E-state index contributed by atoms with van der Waals surface area (Å²) < 4.78 is 19.5. The van der Waals surface area contributed by atoms with Gasteiger partial charge in [0.15, 0.2) is 0 Å². The van der Waals surface area contributed by atoms with Gasteiger partial charge in [0, 0.05) is 24.4 Å². The van der Waals surface area contributed by atoms with Gasteiger partial charge in [-0.1, -0.05) is 54.6 Å². The first-order chi connectivity index (χ1) is 16.9. The number of rotatable bonds is 4. The highest BCUT2D eigenvalue weighted by atomic mass is 19.1. The molecule has 0 saturated carbocycles. The molecule has 180 valence electrons. The molecule has 4 nitrogen and oxygen atoms in total. The van der Waals surface area contributed by atoms with Crippen molar-refractivity contribution in [2.24, 2.45) is 0 Å². The molecule has 2 fully saturated rings. The van der Waals surface area contributed by atoms with Crippen molar-refractivity contribution in [2.45, 2.75) is 62.6 Å². The number of hydrogen-bond donors (Lipinski definition) is 1. The third-order valence-corrected chi connectivity index (χ3v) is 8.22. The van der Waals surface area contributed by atoms with Crippen molar-refractivity contribution in [3.8, 4) is 11.1 Å². The molecule has 2 atom stereocenters. The largest absolute Gasteiger partial charge is 0.448 e. The highest BCUT2D eigenvalue weighted by molar-refractivity contribution is 5.79. The second-order valence-corrected chi connectivity index (χ2v) is 10.5. The number of amides is 1. The average molecular weight is 472 g/mol. The van der Waals surface area contributed by atoms with Crippen molar-refractivity contribution >= 4 is 6.09 Å². The van der Waals surface area contributed by atoms with Crippen LogP contribution in [0.4, 0.5) is 9.18 Å². The minimum Gasteiger partial charge on any atom is -0.448 e. The molecule has 2 unspecified atom stereocenters. The van der Waals surface area contributed by atoms with Crippen LogP contribution in [0.15, 0.2) is 66.7 Å². The number of fused-ring (bicyclic) bond motifs is 5. The van der Waals surface area contributed by atoms with Gasteiger partial charge in [-0.2, -0.15) is 0 Å². The van der Waals surface area contributed by atoms with Crippen LogP contribution in [0.3, 0.4) is 0 Å². The summed E-state index contributed by atoms with van der Waals surface area (Å²) in [6.45, 7) is 2.18. The van der Waals surface area contributed by atoms with E-state index in [9.17, 15) is 14.3 Å². The van der Waals surface area contributed by atoms with E-state index in [0.717, 1.165) is 24.0 Å². The third kappa shape index (κ3) is 3.92. The van der Waals surface area contributed by atoms with Crippen LogP contribution < -0.4 is 0 Å². The summed E-state index contributed by atoms with van der Waals surface area (Å²) in [6.07, 6.45) is 2.98. The van der Waals surface area contributed by atoms with Gasteiger partial charge in [0.05, 0.1) is 5.60 Å². The van der Waals surface area contributed by atoms with Gasteiger partial charge in [0.25, 0.3) is 0 Å². The summed E-state index contributed by atoms with van der Waals surface area (Å²) in [7, 11) is 0. The summed E-state index contributed by atoms with van der Waals surface area (Å²) in [5.41, 5.74) is 5.74. The van der Waals surface area contributed by atoms with Gasteiger partial charge in [0.2, 0.25) is 0 Å². The Bertz CT molecular complexity index is 1230. The molecule has 3 aromatic carbocycles. The molecular weight excluding hydrogens is 441 g/mol. The van der Waals surface area contributed by atoms with Gasteiger partial charge >= 0.3 is 6.09 Å². The Morgan fingerprint density at radius 1 is 1.00 bits per heavy atom. The fourth-order valence-electron chi connectivity index (χ4n) is 6.65. The van der Waals surface area contributed by atoms with E-state index in [1.807, 2.05) is 36.1 Å². The number of hydrogen-bond acceptors (Lipinski definition) is 3. The Balaban J connectivity index is 1.15. The number of carbonyl (C=O) groups is 1. The molecule has 2 heterocycles. The maximum absolute atomic E-state index is 13.5. The summed E-state index contributed by atoms with van der Waals surface area (Å²) in [5, 5.41) is 11.4. The molecule has 3 aromatic rings. The van der Waals surface area contributed by atoms with Crippen LogP contribution in [-0.2, 0) is 11.2 Å². The van der Waals surface area contributed by atoms with E-state index >= 15 is 0 Å². The van der Waals surface area contributed by atoms with Gasteiger partial charge in [-0.15, -0.1) is 0 Å². The van der Waals surface area contributed by atoms with E-state index < -0.39 is 5.60 Å². The number of benzene rings is 3. The monoisotopic (exact) mass is 471 g/mol. The highest BCUT2D eigenvalue weighted by Gasteiger charge is 2.50. The number of carbonyl (C=O) groups excluding carboxylic acids is 1. The average Bonchev–Trinajstić information content (AvgIpc) is 3.32. The summed E-state index contributed by atoms with van der Waals surface area (Å²) >= 11 is 0. The van der Waals surface area contributed by atoms with E-state index in [4.69, 9.17) is 4.74 Å². The first-order valence-electron chi connectivity index (χ1n) is 12.5. The number of aliphatic hydroxyl groups is 1. The van der Waals surface area contributed by atoms with Crippen molar-refractivity contribution in [3.63, 3.8) is 0 Å². The van der Waals surface area contributed by atoms with Crippen LogP contribution in [0.5, 0.6) is 0 Å². The third-order valence-electron chi connectivity index (χ3n) is 8.22. The fraction of sp³-hybridized carbons (Fsp3) is 0.367. The predicted octanol–water partition coefficient (Wildman–Crippen LogP) is 5.98. The molecule has 1 aliphatic carbocycles. The van der Waals surface area contributed by atoms with E-state index in [2.05, 4.69) is 24.3 Å². The second kappa shape index (κ2) is 8.49. The zero-order valence-corrected chi connectivity index (χ0v) is 19.9. The molecule has 35 heavy (non-hydrogen) atoms. The number of ether oxygens (including phenoxy) is 1. The summed E-state index contributed by atoms with van der Waals surface area (Å²) in [6, 6.07) is 21.3. The van der Waals surface area contributed by atoms with Crippen LogP contribution in [0, 0.1) is 12.7 Å². The molecule has 0 spiro atoms. The van der Waals surface area contributed by atoms with Gasteiger partial charge in [-0.25, -0.2) is 9.18 Å². The summed E-state index contributed by atoms with van der Waals surface area (Å²) in [5.74, 6) is -0.226. The van der Waals surface area contributed by atoms with Crippen LogP contribution in [0.25, 0.3) is 11.1 Å². The standard InChI is InChI=1S/C30H30FNO3/c1-19-14-21(31)11-10-20(19)15-30(34)16-22-12-13-23(17-30)32(22)29(33)35-18-28-26-8-4-2-6-24(26)25-7-3-5-9-27(25)28/h2-11,14,22-23,28,34H,12-13,15-18H2,1H3. The van der Waals surface area contributed by atoms with E-state index in [1.54, 1.807) is 6.07 Å². The Labute approximate surface area is 205 Å². The molecule has 6 rings (SSSR count). The lowest BCUT2D eigenvalue weighted by Crippen LogP contribution is -2.54. The van der Waals surface area contributed by atoms with Crippen molar-refractivity contribution in [3.05, 3.63) is 94.8 Å². The van der Waals surface area contributed by atoms with Crippen molar-refractivity contribution < 1.29 is 19.0 Å². The molecule has 0 radical (unpaired) electrons. The molecule has 0 aromatic heterocycles. The minimum atomic E-state index is -0.894. The van der Waals surface area contributed by atoms with Crippen LogP contribution in [0.1, 0.15) is 53.9 Å². The number of aryl methyl sites for hydroxylation is 1. The van der Waals surface area contributed by atoms with E-state index in [0.29, 0.717) is 25.9 Å². The molecular formula is C30H30FNO3. The van der Waals surface area contributed by atoms with Gasteiger partial charge < -0.3 is 14.7 Å². The summed E-state index contributed by atoms with van der Waals surface area (Å²) in [4.78, 5) is 15.2. The quantitative estimate of drug-likeness (QED) is 0.509. The lowest BCUT2D eigenvalue weighted by Gasteiger charge is -2.43. The van der Waals surface area contributed by atoms with Crippen molar-refractivity contribution in [1.29, 1.82) is 0 Å². The molecule has 2 bridgehead atoms. The van der Waals surface area contributed by atoms with Gasteiger partial charge in [-0.3, -0.25) is 0 Å². The van der Waals surface area contributed by atoms with Crippen LogP contribution >= 0.6 is 0 Å². The molecule has 1 N–H and O–H groups in total. The Hall–Kier alpha value is -3.18. The minimum absolute atomic E-state index is 0.0323. The highest BCUT2D eigenvalue weighted by Crippen LogP contribution is 2.46. The van der Waals surface area contributed by atoms with Gasteiger partial charge in [0.1, 0.15) is 12.4 Å². The van der Waals surface area contributed by atoms with Crippen molar-refractivity contribution in [1.82, 2.24) is 4.90 Å². The second-order valence-electron chi connectivity index (χ2n) is 10.5. The molecule has 5 heteroatoms. The lowest BCUT2D eigenvalue weighted by atomic mass is 9.80. The molecule has 3 aliphatic rings. The molecule has 1 amide bonds. The number of piperidine rings is 1. The zero-order chi connectivity index (χ0) is 24.2. The lowest BCUT2D eigenvalue weighted by molar-refractivity contribution is -0.0480. The maximum atomic E-state index is 13.5. The van der Waals surface area contributed by atoms with Crippen LogP contribution in [-0.4, -0.2) is 40.4 Å². The predicted molar refractivity (Wildman–Crippen MR) is 133 cm³/mol. The first-order valence-corrected chi connectivity index (χ1v) is 12.5. The SMILES string of the molecule is Cc1cc(F)ccc1CC1(O)CC2CCC(C1)N2C(=O)OCC1c2ccccc2-c2ccccc21. The number of halogens is 1. The van der Waals surface area contributed by atoms with E-state index in [-0.39, 0.29) is 29.9 Å². The first kappa shape index (κ1) is 22.3. The normalized spacial score (nSPS) is 24.8. The maximum Gasteiger partial charge on any atom is 0.410 e. The van der Waals surface area contributed by atoms with E-state index in [1.165, 1.54) is 34.4 Å². The zero-order valence-electron chi connectivity index (χ0n) is 19.9. The molecule has 2 saturated heterocycles. The fourth-order valence-corrected chi connectivity index (χ4v) is 6.65. The number of nitrogens with zero attached hydrogens (tertiary/aromatic N) is 1. The smallest absolute Gasteiger partial charge is 0.410 e.